The zero-order chi connectivity index (χ0) is 13.8. The van der Waals surface area contributed by atoms with E-state index >= 15 is 0 Å². The van der Waals surface area contributed by atoms with Gasteiger partial charge in [0.1, 0.15) is 0 Å². The molecule has 0 saturated heterocycles. The molecule has 1 aliphatic carbocycles. The van der Waals surface area contributed by atoms with E-state index in [2.05, 4.69) is 47.6 Å². The fraction of sp³-hybridized carbons (Fsp3) is 0.389. The van der Waals surface area contributed by atoms with Gasteiger partial charge in [0, 0.05) is 24.4 Å². The lowest BCUT2D eigenvalue weighted by molar-refractivity contribution is 0.441. The number of fused-ring (bicyclic) bond motifs is 1. The first-order valence-corrected chi connectivity index (χ1v) is 7.61. The first-order chi connectivity index (χ1) is 9.90. The monoisotopic (exact) mass is 266 g/mol. The normalized spacial score (nSPS) is 18.8. The van der Waals surface area contributed by atoms with E-state index in [0.717, 1.165) is 13.0 Å². The zero-order valence-corrected chi connectivity index (χ0v) is 12.0. The Hall–Kier alpha value is -1.67. The van der Waals surface area contributed by atoms with Crippen LogP contribution in [0.5, 0.6) is 0 Å². The number of pyridine rings is 1. The predicted octanol–water partition coefficient (Wildman–Crippen LogP) is 3.85. The molecule has 2 aromatic rings. The molecule has 1 N–H and O–H groups in total. The van der Waals surface area contributed by atoms with E-state index in [1.807, 2.05) is 18.5 Å². The van der Waals surface area contributed by atoms with Crippen LogP contribution < -0.4 is 5.32 Å². The van der Waals surface area contributed by atoms with Crippen molar-refractivity contribution in [2.75, 3.05) is 6.54 Å². The van der Waals surface area contributed by atoms with Gasteiger partial charge in [0.05, 0.1) is 0 Å². The van der Waals surface area contributed by atoms with E-state index in [4.69, 9.17) is 0 Å². The lowest BCUT2D eigenvalue weighted by atomic mass is 9.89. The van der Waals surface area contributed by atoms with Crippen LogP contribution in [0.1, 0.15) is 48.4 Å². The summed E-state index contributed by atoms with van der Waals surface area (Å²) in [6.07, 6.45) is 7.45. The quantitative estimate of drug-likeness (QED) is 0.889. The number of hydrogen-bond donors (Lipinski definition) is 1. The standard InChI is InChI=1S/C18H22N2/c1-2-11-20-18(15-7-5-12-19-13-15)17-10-9-14-6-3-4-8-16(14)17/h3-8,12-13,17-18,20H,2,9-11H2,1H3. The van der Waals surface area contributed by atoms with Crippen molar-refractivity contribution in [3.05, 3.63) is 65.5 Å². The second-order valence-corrected chi connectivity index (χ2v) is 5.56. The van der Waals surface area contributed by atoms with E-state index in [-0.39, 0.29) is 0 Å². The summed E-state index contributed by atoms with van der Waals surface area (Å²) in [7, 11) is 0. The minimum absolute atomic E-state index is 0.382. The number of hydrogen-bond acceptors (Lipinski definition) is 2. The lowest BCUT2D eigenvalue weighted by Crippen LogP contribution is -2.27. The summed E-state index contributed by atoms with van der Waals surface area (Å²) in [5, 5.41) is 3.73. The van der Waals surface area contributed by atoms with Gasteiger partial charge in [-0.1, -0.05) is 37.3 Å². The van der Waals surface area contributed by atoms with Gasteiger partial charge < -0.3 is 5.32 Å². The van der Waals surface area contributed by atoms with Gasteiger partial charge in [0.25, 0.3) is 0 Å². The predicted molar refractivity (Wildman–Crippen MR) is 82.8 cm³/mol. The Bertz CT molecular complexity index is 550. The molecule has 2 unspecified atom stereocenters. The first-order valence-electron chi connectivity index (χ1n) is 7.61. The molecule has 0 aliphatic heterocycles. The van der Waals surface area contributed by atoms with Crippen LogP contribution in [0.3, 0.4) is 0 Å². The summed E-state index contributed by atoms with van der Waals surface area (Å²) < 4.78 is 0. The number of aryl methyl sites for hydroxylation is 1. The van der Waals surface area contributed by atoms with E-state index in [1.165, 1.54) is 29.5 Å². The van der Waals surface area contributed by atoms with Crippen molar-refractivity contribution in [3.63, 3.8) is 0 Å². The maximum absolute atomic E-state index is 4.30. The molecule has 1 aliphatic rings. The number of nitrogens with zero attached hydrogens (tertiary/aromatic N) is 1. The van der Waals surface area contributed by atoms with Crippen molar-refractivity contribution in [2.24, 2.45) is 0 Å². The van der Waals surface area contributed by atoms with Crippen LogP contribution in [0.2, 0.25) is 0 Å². The van der Waals surface area contributed by atoms with E-state index in [0.29, 0.717) is 12.0 Å². The van der Waals surface area contributed by atoms with Crippen LogP contribution in [0.15, 0.2) is 48.8 Å². The average molecular weight is 266 g/mol. The molecular weight excluding hydrogens is 244 g/mol. The van der Waals surface area contributed by atoms with Gasteiger partial charge in [-0.2, -0.15) is 0 Å². The molecule has 3 rings (SSSR count). The van der Waals surface area contributed by atoms with Crippen LogP contribution >= 0.6 is 0 Å². The molecule has 0 spiro atoms. The SMILES string of the molecule is CCCNC(c1cccnc1)C1CCc2ccccc21. The molecular formula is C18H22N2. The van der Waals surface area contributed by atoms with Crippen molar-refractivity contribution in [2.45, 2.75) is 38.1 Å². The summed E-state index contributed by atoms with van der Waals surface area (Å²) in [5.74, 6) is 0.571. The second kappa shape index (κ2) is 6.19. The van der Waals surface area contributed by atoms with Crippen molar-refractivity contribution < 1.29 is 0 Å². The molecule has 2 nitrogen and oxygen atoms in total. The summed E-state index contributed by atoms with van der Waals surface area (Å²) in [6, 6.07) is 13.5. The molecule has 0 radical (unpaired) electrons. The van der Waals surface area contributed by atoms with E-state index in [1.54, 1.807) is 0 Å². The van der Waals surface area contributed by atoms with Crippen LogP contribution in [0, 0.1) is 0 Å². The molecule has 0 amide bonds. The van der Waals surface area contributed by atoms with Crippen LogP contribution in [0.4, 0.5) is 0 Å². The highest BCUT2D eigenvalue weighted by atomic mass is 14.9. The minimum Gasteiger partial charge on any atom is -0.309 e. The van der Waals surface area contributed by atoms with Crippen molar-refractivity contribution in [3.8, 4) is 0 Å². The highest BCUT2D eigenvalue weighted by Crippen LogP contribution is 2.41. The molecule has 1 aromatic carbocycles. The van der Waals surface area contributed by atoms with Crippen LogP contribution in [0.25, 0.3) is 0 Å². The Kier molecular flexibility index (Phi) is 4.12. The molecule has 104 valence electrons. The van der Waals surface area contributed by atoms with E-state index < -0.39 is 0 Å². The second-order valence-electron chi connectivity index (χ2n) is 5.56. The van der Waals surface area contributed by atoms with Gasteiger partial charge in [-0.05, 0) is 48.6 Å². The van der Waals surface area contributed by atoms with Gasteiger partial charge in [-0.3, -0.25) is 4.98 Å². The topological polar surface area (TPSA) is 24.9 Å². The number of benzene rings is 1. The Morgan fingerprint density at radius 3 is 2.95 bits per heavy atom. The van der Waals surface area contributed by atoms with Gasteiger partial charge in [-0.25, -0.2) is 0 Å². The minimum atomic E-state index is 0.382. The number of rotatable bonds is 5. The Morgan fingerprint density at radius 2 is 2.15 bits per heavy atom. The fourth-order valence-electron chi connectivity index (χ4n) is 3.29. The maximum atomic E-state index is 4.30. The molecule has 0 bridgehead atoms. The summed E-state index contributed by atoms with van der Waals surface area (Å²) >= 11 is 0. The average Bonchev–Trinajstić information content (AvgIpc) is 2.93. The fourth-order valence-corrected chi connectivity index (χ4v) is 3.29. The lowest BCUT2D eigenvalue weighted by Gasteiger charge is -2.26. The summed E-state index contributed by atoms with van der Waals surface area (Å²) in [6.45, 7) is 3.27. The molecule has 0 fully saturated rings. The maximum Gasteiger partial charge on any atom is 0.0405 e. The van der Waals surface area contributed by atoms with Gasteiger partial charge in [0.15, 0.2) is 0 Å². The third-order valence-corrected chi connectivity index (χ3v) is 4.24. The summed E-state index contributed by atoms with van der Waals surface area (Å²) in [4.78, 5) is 4.30. The van der Waals surface area contributed by atoms with Crippen LogP contribution in [-0.4, -0.2) is 11.5 Å². The molecule has 20 heavy (non-hydrogen) atoms. The van der Waals surface area contributed by atoms with Gasteiger partial charge in [-0.15, -0.1) is 0 Å². The summed E-state index contributed by atoms with van der Waals surface area (Å²) in [5.41, 5.74) is 4.34. The first kappa shape index (κ1) is 13.3. The molecule has 0 saturated carbocycles. The van der Waals surface area contributed by atoms with Crippen molar-refractivity contribution >= 4 is 0 Å². The van der Waals surface area contributed by atoms with E-state index in [9.17, 15) is 0 Å². The third kappa shape index (κ3) is 2.61. The molecule has 2 heteroatoms. The Balaban J connectivity index is 1.91. The van der Waals surface area contributed by atoms with Crippen molar-refractivity contribution in [1.82, 2.24) is 10.3 Å². The van der Waals surface area contributed by atoms with Gasteiger partial charge >= 0.3 is 0 Å². The molecule has 1 heterocycles. The van der Waals surface area contributed by atoms with Crippen LogP contribution in [-0.2, 0) is 6.42 Å². The van der Waals surface area contributed by atoms with Crippen molar-refractivity contribution in [1.29, 1.82) is 0 Å². The molecule has 1 aromatic heterocycles. The van der Waals surface area contributed by atoms with Gasteiger partial charge in [0.2, 0.25) is 0 Å². The Morgan fingerprint density at radius 1 is 1.25 bits per heavy atom. The number of aromatic nitrogens is 1. The highest BCUT2D eigenvalue weighted by Gasteiger charge is 2.30. The molecule has 2 atom stereocenters. The smallest absolute Gasteiger partial charge is 0.0405 e. The Labute approximate surface area is 121 Å². The zero-order valence-electron chi connectivity index (χ0n) is 12.0. The highest BCUT2D eigenvalue weighted by molar-refractivity contribution is 5.37. The number of nitrogens with one attached hydrogen (secondary N) is 1. The largest absolute Gasteiger partial charge is 0.309 e. The third-order valence-electron chi connectivity index (χ3n) is 4.24.